The zero-order valence-electron chi connectivity index (χ0n) is 27.9. The first-order chi connectivity index (χ1) is 22.9. The maximum atomic E-state index is 14.7. The standard InChI is InChI=1S/C37H42ClN3O6S/c1-26(2)23-39-37(43)34(21-28-11-7-6-8-12-28)40(24-29-13-9-10-14-32(29)38)36(42)25-41(33-22-30(46-4)17-20-35(33)47-5)48(44,45)31-18-15-27(3)16-19-31/h6-20,22,26,34H,21,23-25H2,1-5H3,(H,39,43)/t34-/m1/s1. The fourth-order valence-electron chi connectivity index (χ4n) is 5.13. The number of carbonyl (C=O) groups is 2. The van der Waals surface area contributed by atoms with E-state index in [1.807, 2.05) is 51.1 Å². The Hall–Kier alpha value is -4.54. The van der Waals surface area contributed by atoms with Crippen molar-refractivity contribution in [1.82, 2.24) is 10.2 Å². The van der Waals surface area contributed by atoms with Gasteiger partial charge in [0.25, 0.3) is 10.0 Å². The minimum absolute atomic E-state index is 0.0149. The van der Waals surface area contributed by atoms with Crippen LogP contribution in [0.4, 0.5) is 5.69 Å². The topological polar surface area (TPSA) is 105 Å². The first-order valence-corrected chi connectivity index (χ1v) is 17.4. The van der Waals surface area contributed by atoms with Gasteiger partial charge in [0, 0.05) is 30.6 Å². The molecule has 0 aliphatic carbocycles. The first kappa shape index (κ1) is 36.3. The predicted octanol–water partition coefficient (Wildman–Crippen LogP) is 6.27. The minimum atomic E-state index is -4.34. The van der Waals surface area contributed by atoms with E-state index < -0.39 is 28.5 Å². The van der Waals surface area contributed by atoms with Crippen LogP contribution in [0.2, 0.25) is 5.02 Å². The Balaban J connectivity index is 1.87. The summed E-state index contributed by atoms with van der Waals surface area (Å²) in [5.74, 6) is -0.233. The first-order valence-electron chi connectivity index (χ1n) is 15.6. The summed E-state index contributed by atoms with van der Waals surface area (Å²) in [6.45, 7) is 5.52. The van der Waals surface area contributed by atoms with Gasteiger partial charge in [-0.3, -0.25) is 13.9 Å². The molecule has 11 heteroatoms. The van der Waals surface area contributed by atoms with Gasteiger partial charge in [0.2, 0.25) is 11.8 Å². The Labute approximate surface area is 288 Å². The lowest BCUT2D eigenvalue weighted by molar-refractivity contribution is -0.140. The van der Waals surface area contributed by atoms with Crippen molar-refractivity contribution in [2.24, 2.45) is 5.92 Å². The lowest BCUT2D eigenvalue weighted by atomic mass is 10.0. The second-order valence-electron chi connectivity index (χ2n) is 11.8. The van der Waals surface area contributed by atoms with E-state index in [9.17, 15) is 18.0 Å². The summed E-state index contributed by atoms with van der Waals surface area (Å²) in [6, 6.07) is 26.5. The van der Waals surface area contributed by atoms with E-state index in [4.69, 9.17) is 21.1 Å². The highest BCUT2D eigenvalue weighted by Gasteiger charge is 2.36. The molecule has 4 aromatic rings. The van der Waals surface area contributed by atoms with E-state index in [0.717, 1.165) is 15.4 Å². The Kier molecular flexibility index (Phi) is 12.5. The Bertz CT molecular complexity index is 1800. The van der Waals surface area contributed by atoms with Crippen LogP contribution in [0.15, 0.2) is 102 Å². The average molecular weight is 692 g/mol. The molecule has 48 heavy (non-hydrogen) atoms. The fourth-order valence-corrected chi connectivity index (χ4v) is 6.74. The number of amides is 2. The van der Waals surface area contributed by atoms with Gasteiger partial charge in [-0.1, -0.05) is 91.7 Å². The number of ether oxygens (including phenoxy) is 2. The molecule has 0 radical (unpaired) electrons. The number of hydrogen-bond acceptors (Lipinski definition) is 6. The van der Waals surface area contributed by atoms with E-state index >= 15 is 0 Å². The van der Waals surface area contributed by atoms with Crippen molar-refractivity contribution in [3.8, 4) is 11.5 Å². The van der Waals surface area contributed by atoms with Crippen LogP contribution in [-0.4, -0.2) is 58.5 Å². The van der Waals surface area contributed by atoms with Crippen LogP contribution >= 0.6 is 11.6 Å². The molecule has 0 unspecified atom stereocenters. The largest absolute Gasteiger partial charge is 0.497 e. The smallest absolute Gasteiger partial charge is 0.264 e. The Morgan fingerprint density at radius 1 is 0.875 bits per heavy atom. The lowest BCUT2D eigenvalue weighted by Gasteiger charge is -2.34. The molecule has 0 heterocycles. The number of benzene rings is 4. The van der Waals surface area contributed by atoms with Crippen LogP contribution in [-0.2, 0) is 32.6 Å². The Morgan fingerprint density at radius 3 is 2.17 bits per heavy atom. The van der Waals surface area contributed by atoms with E-state index in [-0.39, 0.29) is 41.1 Å². The molecule has 0 aliphatic heterocycles. The summed E-state index contributed by atoms with van der Waals surface area (Å²) in [5, 5.41) is 3.40. The third kappa shape index (κ3) is 9.08. The molecular weight excluding hydrogens is 650 g/mol. The number of hydrogen-bond donors (Lipinski definition) is 1. The summed E-state index contributed by atoms with van der Waals surface area (Å²) in [5.41, 5.74) is 2.41. The summed E-state index contributed by atoms with van der Waals surface area (Å²) in [7, 11) is -1.46. The Morgan fingerprint density at radius 2 is 1.54 bits per heavy atom. The minimum Gasteiger partial charge on any atom is -0.497 e. The fraction of sp³-hybridized carbons (Fsp3) is 0.297. The van der Waals surface area contributed by atoms with E-state index in [0.29, 0.717) is 22.9 Å². The van der Waals surface area contributed by atoms with Gasteiger partial charge in [-0.05, 0) is 54.3 Å². The van der Waals surface area contributed by atoms with Crippen molar-refractivity contribution >= 4 is 39.1 Å². The molecule has 0 fully saturated rings. The average Bonchev–Trinajstić information content (AvgIpc) is 3.08. The molecule has 1 N–H and O–H groups in total. The molecule has 0 bridgehead atoms. The highest BCUT2D eigenvalue weighted by Crippen LogP contribution is 2.36. The summed E-state index contributed by atoms with van der Waals surface area (Å²) >= 11 is 6.58. The van der Waals surface area contributed by atoms with Gasteiger partial charge in [-0.2, -0.15) is 0 Å². The van der Waals surface area contributed by atoms with Gasteiger partial charge < -0.3 is 19.7 Å². The predicted molar refractivity (Wildman–Crippen MR) is 189 cm³/mol. The number of nitrogens with one attached hydrogen (secondary N) is 1. The number of aryl methyl sites for hydroxylation is 1. The molecule has 0 saturated carbocycles. The van der Waals surface area contributed by atoms with Gasteiger partial charge in [0.1, 0.15) is 24.1 Å². The SMILES string of the molecule is COc1ccc(OC)c(N(CC(=O)N(Cc2ccccc2Cl)[C@H](Cc2ccccc2)C(=O)NCC(C)C)S(=O)(=O)c2ccc(C)cc2)c1. The number of carbonyl (C=O) groups excluding carboxylic acids is 2. The lowest BCUT2D eigenvalue weighted by Crippen LogP contribution is -2.53. The van der Waals surface area contributed by atoms with Crippen molar-refractivity contribution in [1.29, 1.82) is 0 Å². The number of methoxy groups -OCH3 is 2. The number of rotatable bonds is 15. The van der Waals surface area contributed by atoms with Crippen LogP contribution in [0.25, 0.3) is 0 Å². The second kappa shape index (κ2) is 16.5. The van der Waals surface area contributed by atoms with Crippen LogP contribution in [0, 0.1) is 12.8 Å². The third-order valence-corrected chi connectivity index (χ3v) is 9.94. The molecule has 4 aromatic carbocycles. The second-order valence-corrected chi connectivity index (χ2v) is 14.1. The van der Waals surface area contributed by atoms with Crippen molar-refractivity contribution in [3.63, 3.8) is 0 Å². The van der Waals surface area contributed by atoms with Gasteiger partial charge >= 0.3 is 0 Å². The monoisotopic (exact) mass is 691 g/mol. The zero-order valence-corrected chi connectivity index (χ0v) is 29.4. The maximum absolute atomic E-state index is 14.7. The molecule has 4 rings (SSSR count). The number of halogens is 1. The number of sulfonamides is 1. The van der Waals surface area contributed by atoms with E-state index in [1.165, 1.54) is 37.3 Å². The molecule has 9 nitrogen and oxygen atoms in total. The van der Waals surface area contributed by atoms with E-state index in [2.05, 4.69) is 5.32 Å². The van der Waals surface area contributed by atoms with Crippen molar-refractivity contribution in [2.45, 2.75) is 44.7 Å². The molecule has 0 spiro atoms. The van der Waals surface area contributed by atoms with Crippen LogP contribution < -0.4 is 19.1 Å². The van der Waals surface area contributed by atoms with Crippen LogP contribution in [0.3, 0.4) is 0 Å². The van der Waals surface area contributed by atoms with Gasteiger partial charge in [-0.15, -0.1) is 0 Å². The third-order valence-electron chi connectivity index (χ3n) is 7.80. The molecule has 2 amide bonds. The summed E-state index contributed by atoms with van der Waals surface area (Å²) in [6.07, 6.45) is 0.189. The highest BCUT2D eigenvalue weighted by molar-refractivity contribution is 7.92. The highest BCUT2D eigenvalue weighted by atomic mass is 35.5. The quantitative estimate of drug-likeness (QED) is 0.158. The molecule has 254 valence electrons. The van der Waals surface area contributed by atoms with Gasteiger partial charge in [0.15, 0.2) is 0 Å². The zero-order chi connectivity index (χ0) is 34.8. The summed E-state index contributed by atoms with van der Waals surface area (Å²) in [4.78, 5) is 30.1. The molecule has 0 aromatic heterocycles. The van der Waals surface area contributed by atoms with Crippen molar-refractivity contribution in [3.05, 3.63) is 119 Å². The van der Waals surface area contributed by atoms with Crippen LogP contribution in [0.5, 0.6) is 11.5 Å². The van der Waals surface area contributed by atoms with Crippen molar-refractivity contribution < 1.29 is 27.5 Å². The van der Waals surface area contributed by atoms with Crippen LogP contribution in [0.1, 0.15) is 30.5 Å². The van der Waals surface area contributed by atoms with E-state index in [1.54, 1.807) is 48.5 Å². The molecule has 1 atom stereocenters. The summed E-state index contributed by atoms with van der Waals surface area (Å²) < 4.78 is 40.8. The normalized spacial score (nSPS) is 11.9. The molecule has 0 aliphatic rings. The van der Waals surface area contributed by atoms with Crippen molar-refractivity contribution in [2.75, 3.05) is 31.6 Å². The molecule has 0 saturated heterocycles. The maximum Gasteiger partial charge on any atom is 0.264 e. The molecular formula is C37H42ClN3O6S. The number of anilines is 1. The van der Waals surface area contributed by atoms with Gasteiger partial charge in [-0.25, -0.2) is 8.42 Å². The van der Waals surface area contributed by atoms with Gasteiger partial charge in [0.05, 0.1) is 24.8 Å². The number of nitrogens with zero attached hydrogens (tertiary/aromatic N) is 2.